The van der Waals surface area contributed by atoms with Crippen LogP contribution in [0.2, 0.25) is 0 Å². The zero-order chi connectivity index (χ0) is 23.9. The highest BCUT2D eigenvalue weighted by Crippen LogP contribution is 2.38. The van der Waals surface area contributed by atoms with Crippen molar-refractivity contribution in [1.82, 2.24) is 14.4 Å². The van der Waals surface area contributed by atoms with Crippen LogP contribution in [0.4, 0.5) is 10.1 Å². The number of aromatic nitrogens is 2. The van der Waals surface area contributed by atoms with Crippen molar-refractivity contribution in [2.75, 3.05) is 18.4 Å². The summed E-state index contributed by atoms with van der Waals surface area (Å²) in [5.74, 6) is -0.175. The quantitative estimate of drug-likeness (QED) is 0.528. The molecule has 1 N–H and O–H groups in total. The lowest BCUT2D eigenvalue weighted by Gasteiger charge is -2.31. The van der Waals surface area contributed by atoms with Gasteiger partial charge in [0.05, 0.1) is 21.4 Å². The van der Waals surface area contributed by atoms with Crippen LogP contribution in [0, 0.1) is 18.7 Å². The van der Waals surface area contributed by atoms with Gasteiger partial charge in [-0.2, -0.15) is 9.29 Å². The molecule has 2 aliphatic rings. The number of benzene rings is 1. The van der Waals surface area contributed by atoms with Crippen LogP contribution in [0.3, 0.4) is 0 Å². The van der Waals surface area contributed by atoms with Gasteiger partial charge >= 0.3 is 0 Å². The molecule has 1 atom stereocenters. The molecule has 2 aromatic heterocycles. The number of amides is 1. The fraction of sp³-hybridized carbons (Fsp3) is 0.435. The fourth-order valence-corrected chi connectivity index (χ4v) is 7.31. The van der Waals surface area contributed by atoms with Crippen molar-refractivity contribution >= 4 is 33.0 Å². The summed E-state index contributed by atoms with van der Waals surface area (Å²) in [6, 6.07) is 7.51. The van der Waals surface area contributed by atoms with Gasteiger partial charge in [-0.3, -0.25) is 4.79 Å². The molecular weight excluding hydrogens is 479 g/mol. The van der Waals surface area contributed by atoms with Crippen molar-refractivity contribution in [3.05, 3.63) is 46.9 Å². The van der Waals surface area contributed by atoms with E-state index in [0.29, 0.717) is 46.8 Å². The van der Waals surface area contributed by atoms with Crippen LogP contribution >= 0.6 is 11.3 Å². The van der Waals surface area contributed by atoms with Crippen LogP contribution in [-0.2, 0) is 14.8 Å². The van der Waals surface area contributed by atoms with E-state index in [1.807, 2.05) is 0 Å². The molecule has 0 unspecified atom stereocenters. The molecule has 1 aromatic carbocycles. The molecule has 180 valence electrons. The summed E-state index contributed by atoms with van der Waals surface area (Å²) in [6.07, 6.45) is 4.29. The Morgan fingerprint density at radius 1 is 1.24 bits per heavy atom. The molecule has 1 saturated heterocycles. The molecule has 1 aliphatic carbocycles. The van der Waals surface area contributed by atoms with Gasteiger partial charge in [0.2, 0.25) is 27.6 Å². The van der Waals surface area contributed by atoms with E-state index in [0.717, 1.165) is 19.3 Å². The maximum absolute atomic E-state index is 13.9. The van der Waals surface area contributed by atoms with Gasteiger partial charge < -0.3 is 9.84 Å². The van der Waals surface area contributed by atoms with E-state index in [1.54, 1.807) is 25.1 Å². The first-order chi connectivity index (χ1) is 16.3. The number of halogens is 1. The molecule has 0 radical (unpaired) electrons. The first-order valence-electron chi connectivity index (χ1n) is 11.3. The van der Waals surface area contributed by atoms with Gasteiger partial charge in [0.15, 0.2) is 0 Å². The van der Waals surface area contributed by atoms with E-state index in [4.69, 9.17) is 4.52 Å². The summed E-state index contributed by atoms with van der Waals surface area (Å²) in [5, 5.41) is 6.64. The molecule has 1 aliphatic heterocycles. The summed E-state index contributed by atoms with van der Waals surface area (Å²) in [6.45, 7) is 2.12. The van der Waals surface area contributed by atoms with Gasteiger partial charge in [0.25, 0.3) is 0 Å². The molecule has 0 spiro atoms. The van der Waals surface area contributed by atoms with Crippen LogP contribution in [0.25, 0.3) is 10.7 Å². The number of rotatable bonds is 6. The van der Waals surface area contributed by atoms with Crippen molar-refractivity contribution < 1.29 is 22.1 Å². The molecule has 2 fully saturated rings. The second kappa shape index (κ2) is 9.20. The maximum Gasteiger partial charge on any atom is 0.244 e. The number of hydrogen-bond donors (Lipinski definition) is 1. The Bertz CT molecular complexity index is 1320. The van der Waals surface area contributed by atoms with E-state index < -0.39 is 21.8 Å². The highest BCUT2D eigenvalue weighted by atomic mass is 32.2. The number of carbonyl (C=O) groups excluding carboxylic acids is 1. The fourth-order valence-electron chi connectivity index (χ4n) is 4.30. The van der Waals surface area contributed by atoms with Crippen LogP contribution in [-0.4, -0.2) is 41.9 Å². The van der Waals surface area contributed by atoms with E-state index in [1.165, 1.54) is 27.8 Å². The molecule has 1 amide bonds. The van der Waals surface area contributed by atoms with E-state index in [2.05, 4.69) is 15.5 Å². The van der Waals surface area contributed by atoms with Gasteiger partial charge in [0, 0.05) is 23.9 Å². The molecule has 5 rings (SSSR count). The Morgan fingerprint density at radius 2 is 2.03 bits per heavy atom. The highest BCUT2D eigenvalue weighted by Gasteiger charge is 2.35. The van der Waals surface area contributed by atoms with Gasteiger partial charge in [-0.05, 0) is 50.8 Å². The third-order valence-electron chi connectivity index (χ3n) is 6.49. The number of hydrogen-bond acceptors (Lipinski definition) is 7. The van der Waals surface area contributed by atoms with Crippen LogP contribution in [0.15, 0.2) is 39.8 Å². The molecule has 3 heterocycles. The van der Waals surface area contributed by atoms with Crippen LogP contribution < -0.4 is 5.32 Å². The zero-order valence-electron chi connectivity index (χ0n) is 18.7. The molecular formula is C23H25FN4O4S2. The number of nitrogens with zero attached hydrogens (tertiary/aromatic N) is 3. The lowest BCUT2D eigenvalue weighted by molar-refractivity contribution is -0.120. The number of carbonyl (C=O) groups is 1. The third-order valence-corrected chi connectivity index (χ3v) is 9.66. The normalized spacial score (nSPS) is 19.6. The van der Waals surface area contributed by atoms with Crippen molar-refractivity contribution in [2.45, 2.75) is 49.8 Å². The number of nitrogens with one attached hydrogen (secondary N) is 1. The SMILES string of the molecule is Cc1sc(-c2noc(C3CCC3)n2)cc1S(=O)(=O)N1CCC[C@H](C(=O)Nc2ccccc2F)C1. The Labute approximate surface area is 201 Å². The van der Waals surface area contributed by atoms with E-state index >= 15 is 0 Å². The topological polar surface area (TPSA) is 105 Å². The molecule has 34 heavy (non-hydrogen) atoms. The lowest BCUT2D eigenvalue weighted by atomic mass is 9.85. The smallest absolute Gasteiger partial charge is 0.244 e. The van der Waals surface area contributed by atoms with Gasteiger partial charge in [0.1, 0.15) is 5.82 Å². The number of sulfonamides is 1. The monoisotopic (exact) mass is 504 g/mol. The third kappa shape index (κ3) is 4.39. The van der Waals surface area contributed by atoms with Crippen molar-refractivity contribution in [3.63, 3.8) is 0 Å². The second-order valence-electron chi connectivity index (χ2n) is 8.79. The molecule has 0 bridgehead atoms. The van der Waals surface area contributed by atoms with Gasteiger partial charge in [-0.15, -0.1) is 11.3 Å². The van der Waals surface area contributed by atoms with Crippen LogP contribution in [0.5, 0.6) is 0 Å². The van der Waals surface area contributed by atoms with E-state index in [9.17, 15) is 17.6 Å². The van der Waals surface area contributed by atoms with Gasteiger partial charge in [-0.25, -0.2) is 12.8 Å². The lowest BCUT2D eigenvalue weighted by Crippen LogP contribution is -2.43. The Morgan fingerprint density at radius 3 is 2.76 bits per heavy atom. The maximum atomic E-state index is 13.9. The molecule has 11 heteroatoms. The summed E-state index contributed by atoms with van der Waals surface area (Å²) < 4.78 is 47.6. The Balaban J connectivity index is 1.32. The summed E-state index contributed by atoms with van der Waals surface area (Å²) in [4.78, 5) is 18.7. The van der Waals surface area contributed by atoms with Crippen molar-refractivity contribution in [1.29, 1.82) is 0 Å². The predicted molar refractivity (Wildman–Crippen MR) is 125 cm³/mol. The zero-order valence-corrected chi connectivity index (χ0v) is 20.3. The number of piperidine rings is 1. The summed E-state index contributed by atoms with van der Waals surface area (Å²) in [7, 11) is -3.83. The van der Waals surface area contributed by atoms with Crippen molar-refractivity contribution in [3.8, 4) is 10.7 Å². The first kappa shape index (κ1) is 23.1. The standard InChI is InChI=1S/C23H25FN4O4S2/c1-14-20(12-19(33-14)21-26-23(32-27-21)15-6-4-7-15)34(30,31)28-11-5-8-16(13-28)22(29)25-18-10-3-2-9-17(18)24/h2-3,9-10,12,15-16H,4-8,11,13H2,1H3,(H,25,29)/t16-/m0/s1. The first-order valence-corrected chi connectivity index (χ1v) is 13.6. The minimum atomic E-state index is -3.83. The Kier molecular flexibility index (Phi) is 6.26. The predicted octanol–water partition coefficient (Wildman–Crippen LogP) is 4.55. The minimum absolute atomic E-state index is 0.0429. The highest BCUT2D eigenvalue weighted by molar-refractivity contribution is 7.89. The Hall–Kier alpha value is -2.63. The second-order valence-corrected chi connectivity index (χ2v) is 11.9. The molecule has 8 nitrogen and oxygen atoms in total. The van der Waals surface area contributed by atoms with Crippen LogP contribution in [0.1, 0.15) is 48.8 Å². The molecule has 3 aromatic rings. The van der Waals surface area contributed by atoms with Gasteiger partial charge in [-0.1, -0.05) is 23.7 Å². The summed E-state index contributed by atoms with van der Waals surface area (Å²) >= 11 is 1.31. The average molecular weight is 505 g/mol. The summed E-state index contributed by atoms with van der Waals surface area (Å²) in [5.41, 5.74) is 0.0900. The number of anilines is 1. The average Bonchev–Trinajstić information content (AvgIpc) is 3.41. The largest absolute Gasteiger partial charge is 0.339 e. The van der Waals surface area contributed by atoms with Crippen molar-refractivity contribution in [2.24, 2.45) is 5.92 Å². The minimum Gasteiger partial charge on any atom is -0.339 e. The number of para-hydroxylation sites is 1. The van der Waals surface area contributed by atoms with E-state index in [-0.39, 0.29) is 23.0 Å². The number of thiophene rings is 1. The molecule has 1 saturated carbocycles. The number of aryl methyl sites for hydroxylation is 1.